The first-order chi connectivity index (χ1) is 8.83. The van der Waals surface area contributed by atoms with Gasteiger partial charge in [0.25, 0.3) is 0 Å². The quantitative estimate of drug-likeness (QED) is 0.837. The molecule has 4 nitrogen and oxygen atoms in total. The van der Waals surface area contributed by atoms with Crippen LogP contribution in [0.25, 0.3) is 10.6 Å². The van der Waals surface area contributed by atoms with E-state index < -0.39 is 0 Å². The molecule has 2 aromatic heterocycles. The van der Waals surface area contributed by atoms with E-state index in [1.807, 2.05) is 23.6 Å². The molecule has 0 amide bonds. The molecular weight excluding hydrogens is 248 g/mol. The molecule has 5 heteroatoms. The fraction of sp³-hybridized carbons (Fsp3) is 0.462. The van der Waals surface area contributed by atoms with Gasteiger partial charge in [-0.1, -0.05) is 18.1 Å². The van der Waals surface area contributed by atoms with Crippen molar-refractivity contribution >= 4 is 11.3 Å². The monoisotopic (exact) mass is 266 g/mol. The van der Waals surface area contributed by atoms with E-state index in [4.69, 9.17) is 9.63 Å². The van der Waals surface area contributed by atoms with Crippen molar-refractivity contribution in [3.05, 3.63) is 29.3 Å². The first kappa shape index (κ1) is 13.3. The lowest BCUT2D eigenvalue weighted by atomic mass is 10.3. The topological polar surface area (TPSA) is 49.5 Å². The number of hydrogen-bond acceptors (Lipinski definition) is 5. The van der Waals surface area contributed by atoms with Gasteiger partial charge < -0.3 is 9.63 Å². The maximum atomic E-state index is 8.85. The predicted molar refractivity (Wildman–Crippen MR) is 72.5 cm³/mol. The van der Waals surface area contributed by atoms with Crippen molar-refractivity contribution in [3.8, 4) is 10.6 Å². The molecule has 2 rings (SSSR count). The molecule has 0 bridgehead atoms. The van der Waals surface area contributed by atoms with Gasteiger partial charge in [0.15, 0.2) is 5.76 Å². The normalized spacial score (nSPS) is 11.3. The molecule has 0 saturated heterocycles. The molecule has 0 aliphatic heterocycles. The van der Waals surface area contributed by atoms with Crippen LogP contribution in [0.2, 0.25) is 0 Å². The molecule has 2 heterocycles. The number of aromatic nitrogens is 1. The SMILES string of the molecule is CCN(CCCO)Cc1cc(-c2cccs2)on1. The van der Waals surface area contributed by atoms with Gasteiger partial charge in [0, 0.05) is 25.8 Å². The molecular formula is C13H18N2O2S. The van der Waals surface area contributed by atoms with Crippen molar-refractivity contribution in [3.63, 3.8) is 0 Å². The van der Waals surface area contributed by atoms with Gasteiger partial charge >= 0.3 is 0 Å². The van der Waals surface area contributed by atoms with Crippen LogP contribution in [0.4, 0.5) is 0 Å². The number of aliphatic hydroxyl groups is 1. The van der Waals surface area contributed by atoms with Gasteiger partial charge in [0.1, 0.15) is 0 Å². The fourth-order valence-corrected chi connectivity index (χ4v) is 2.47. The third-order valence-electron chi connectivity index (χ3n) is 2.79. The molecule has 0 aliphatic rings. The minimum atomic E-state index is 0.232. The molecule has 1 N–H and O–H groups in total. The van der Waals surface area contributed by atoms with Crippen LogP contribution in [0.1, 0.15) is 19.0 Å². The van der Waals surface area contributed by atoms with E-state index in [0.29, 0.717) is 0 Å². The summed E-state index contributed by atoms with van der Waals surface area (Å²) in [7, 11) is 0. The van der Waals surface area contributed by atoms with Crippen LogP contribution in [0.15, 0.2) is 28.1 Å². The number of hydrogen-bond donors (Lipinski definition) is 1. The van der Waals surface area contributed by atoms with Crippen LogP contribution < -0.4 is 0 Å². The van der Waals surface area contributed by atoms with Crippen LogP contribution in [0.5, 0.6) is 0 Å². The molecule has 0 fully saturated rings. The second kappa shape index (κ2) is 6.68. The average molecular weight is 266 g/mol. The van der Waals surface area contributed by atoms with Crippen LogP contribution >= 0.6 is 11.3 Å². The highest BCUT2D eigenvalue weighted by atomic mass is 32.1. The van der Waals surface area contributed by atoms with E-state index >= 15 is 0 Å². The Kier molecular flexibility index (Phi) is 4.92. The zero-order valence-corrected chi connectivity index (χ0v) is 11.3. The van der Waals surface area contributed by atoms with Gasteiger partial charge in [-0.2, -0.15) is 0 Å². The molecule has 18 heavy (non-hydrogen) atoms. The van der Waals surface area contributed by atoms with Crippen LogP contribution in [0.3, 0.4) is 0 Å². The zero-order valence-electron chi connectivity index (χ0n) is 10.5. The molecule has 0 aromatic carbocycles. The van der Waals surface area contributed by atoms with E-state index in [1.54, 1.807) is 11.3 Å². The largest absolute Gasteiger partial charge is 0.396 e. The lowest BCUT2D eigenvalue weighted by Gasteiger charge is -2.17. The summed E-state index contributed by atoms with van der Waals surface area (Å²) >= 11 is 1.65. The van der Waals surface area contributed by atoms with Gasteiger partial charge in [0.05, 0.1) is 10.6 Å². The fourth-order valence-electron chi connectivity index (χ4n) is 1.79. The summed E-state index contributed by atoms with van der Waals surface area (Å²) in [6, 6.07) is 6.02. The molecule has 0 aliphatic carbocycles. The first-order valence-corrected chi connectivity index (χ1v) is 7.04. The summed E-state index contributed by atoms with van der Waals surface area (Å²) < 4.78 is 5.34. The standard InChI is InChI=1S/C13H18N2O2S/c1-2-15(6-4-7-16)10-11-9-12(17-14-11)13-5-3-8-18-13/h3,5,8-9,16H,2,4,6-7,10H2,1H3. The molecule has 0 saturated carbocycles. The lowest BCUT2D eigenvalue weighted by Crippen LogP contribution is -2.24. The Hall–Kier alpha value is -1.17. The Balaban J connectivity index is 1.97. The minimum Gasteiger partial charge on any atom is -0.396 e. The smallest absolute Gasteiger partial charge is 0.177 e. The number of rotatable bonds is 7. The highest BCUT2D eigenvalue weighted by Gasteiger charge is 2.10. The molecule has 2 aromatic rings. The molecule has 0 spiro atoms. The maximum absolute atomic E-state index is 8.85. The second-order valence-electron chi connectivity index (χ2n) is 4.11. The maximum Gasteiger partial charge on any atom is 0.177 e. The summed E-state index contributed by atoms with van der Waals surface area (Å²) in [6.45, 7) is 4.94. The molecule has 0 unspecified atom stereocenters. The Morgan fingerprint density at radius 3 is 3.06 bits per heavy atom. The summed E-state index contributed by atoms with van der Waals surface area (Å²) in [5.41, 5.74) is 0.943. The van der Waals surface area contributed by atoms with Gasteiger partial charge in [-0.25, -0.2) is 0 Å². The van der Waals surface area contributed by atoms with E-state index in [9.17, 15) is 0 Å². The van der Waals surface area contributed by atoms with Crippen molar-refractivity contribution in [2.45, 2.75) is 19.9 Å². The summed E-state index contributed by atoms with van der Waals surface area (Å²) in [4.78, 5) is 3.35. The molecule has 98 valence electrons. The average Bonchev–Trinajstić information content (AvgIpc) is 3.04. The van der Waals surface area contributed by atoms with E-state index in [0.717, 1.165) is 42.4 Å². The lowest BCUT2D eigenvalue weighted by molar-refractivity contribution is 0.221. The van der Waals surface area contributed by atoms with Crippen molar-refractivity contribution in [1.29, 1.82) is 0 Å². The van der Waals surface area contributed by atoms with Gasteiger partial charge in [-0.3, -0.25) is 4.90 Å². The van der Waals surface area contributed by atoms with E-state index in [1.165, 1.54) is 0 Å². The van der Waals surface area contributed by atoms with Crippen molar-refractivity contribution in [1.82, 2.24) is 10.1 Å². The Morgan fingerprint density at radius 1 is 1.50 bits per heavy atom. The van der Waals surface area contributed by atoms with Gasteiger partial charge in [0.2, 0.25) is 0 Å². The Morgan fingerprint density at radius 2 is 2.39 bits per heavy atom. The Bertz CT molecular complexity index is 453. The highest BCUT2D eigenvalue weighted by molar-refractivity contribution is 7.13. The molecule has 0 radical (unpaired) electrons. The third-order valence-corrected chi connectivity index (χ3v) is 3.67. The summed E-state index contributed by atoms with van der Waals surface area (Å²) in [6.07, 6.45) is 0.795. The number of thiophene rings is 1. The molecule has 0 atom stereocenters. The van der Waals surface area contributed by atoms with Crippen molar-refractivity contribution < 1.29 is 9.63 Å². The van der Waals surface area contributed by atoms with Crippen LogP contribution in [-0.2, 0) is 6.54 Å². The predicted octanol–water partition coefficient (Wildman–Crippen LogP) is 2.61. The van der Waals surface area contributed by atoms with Gasteiger partial charge in [-0.15, -0.1) is 11.3 Å². The van der Waals surface area contributed by atoms with Crippen LogP contribution in [-0.4, -0.2) is 34.9 Å². The minimum absolute atomic E-state index is 0.232. The van der Waals surface area contributed by atoms with E-state index in [-0.39, 0.29) is 6.61 Å². The Labute approximate surface area is 111 Å². The first-order valence-electron chi connectivity index (χ1n) is 6.16. The number of nitrogens with zero attached hydrogens (tertiary/aromatic N) is 2. The van der Waals surface area contributed by atoms with Crippen LogP contribution in [0, 0.1) is 0 Å². The third kappa shape index (κ3) is 3.41. The summed E-state index contributed by atoms with van der Waals surface area (Å²) in [5.74, 6) is 0.832. The zero-order chi connectivity index (χ0) is 12.8. The summed E-state index contributed by atoms with van der Waals surface area (Å²) in [5, 5.41) is 15.0. The van der Waals surface area contributed by atoms with E-state index in [2.05, 4.69) is 17.0 Å². The van der Waals surface area contributed by atoms with Crippen molar-refractivity contribution in [2.75, 3.05) is 19.7 Å². The van der Waals surface area contributed by atoms with Crippen molar-refractivity contribution in [2.24, 2.45) is 0 Å². The van der Waals surface area contributed by atoms with Gasteiger partial charge in [-0.05, 0) is 24.4 Å². The highest BCUT2D eigenvalue weighted by Crippen LogP contribution is 2.25. The number of aliphatic hydroxyl groups excluding tert-OH is 1. The second-order valence-corrected chi connectivity index (χ2v) is 5.05.